The summed E-state index contributed by atoms with van der Waals surface area (Å²) in [5.41, 5.74) is -3.97. The summed E-state index contributed by atoms with van der Waals surface area (Å²) < 4.78 is 12.0. The average molecular weight is 393 g/mol. The van der Waals surface area contributed by atoms with Crippen LogP contribution in [-0.4, -0.2) is 16.6 Å². The van der Waals surface area contributed by atoms with Gasteiger partial charge >= 0.3 is 0 Å². The Morgan fingerprint density at radius 1 is 1.24 bits per heavy atom. The van der Waals surface area contributed by atoms with Gasteiger partial charge in [-0.25, -0.2) is 0 Å². The zero-order chi connectivity index (χ0) is 21.4. The Morgan fingerprint density at radius 2 is 1.93 bits per heavy atom. The van der Waals surface area contributed by atoms with E-state index in [2.05, 4.69) is 6.07 Å². The summed E-state index contributed by atoms with van der Waals surface area (Å²) in [7, 11) is 0. The van der Waals surface area contributed by atoms with Crippen molar-refractivity contribution in [3.63, 3.8) is 0 Å². The molecule has 1 aromatic carbocycles. The van der Waals surface area contributed by atoms with Crippen LogP contribution >= 0.6 is 0 Å². The summed E-state index contributed by atoms with van der Waals surface area (Å²) in [6.07, 6.45) is 0.00603. The summed E-state index contributed by atoms with van der Waals surface area (Å²) in [6.45, 7) is 3.68. The van der Waals surface area contributed by atoms with Crippen LogP contribution in [0.4, 0.5) is 5.69 Å². The molecular formula is C20H19N5O4. The molecule has 0 aromatic heterocycles. The van der Waals surface area contributed by atoms with Crippen LogP contribution in [0.2, 0.25) is 0 Å². The lowest BCUT2D eigenvalue weighted by Crippen LogP contribution is -2.59. The Balaban J connectivity index is 2.34. The lowest BCUT2D eigenvalue weighted by atomic mass is 9.52. The van der Waals surface area contributed by atoms with E-state index in [9.17, 15) is 25.9 Å². The molecule has 29 heavy (non-hydrogen) atoms. The molecule has 2 fully saturated rings. The number of non-ortho nitro benzene ring substituents is 1. The maximum atomic E-state index is 11.2. The Bertz CT molecular complexity index is 989. The third-order valence-corrected chi connectivity index (χ3v) is 5.94. The summed E-state index contributed by atoms with van der Waals surface area (Å²) in [5, 5.41) is 50.1. The van der Waals surface area contributed by atoms with Gasteiger partial charge in [0.05, 0.1) is 29.0 Å². The topological polar surface area (TPSA) is 157 Å². The lowest BCUT2D eigenvalue weighted by molar-refractivity contribution is -0.385. The molecule has 9 heteroatoms. The maximum Gasteiger partial charge on any atom is 0.269 e. The van der Waals surface area contributed by atoms with Crippen molar-refractivity contribution in [1.82, 2.24) is 0 Å². The largest absolute Gasteiger partial charge is 0.447 e. The van der Waals surface area contributed by atoms with Crippen molar-refractivity contribution in [1.29, 1.82) is 21.2 Å². The van der Waals surface area contributed by atoms with Gasteiger partial charge in [0.2, 0.25) is 17.1 Å². The summed E-state index contributed by atoms with van der Waals surface area (Å²) in [5.74, 6) is -2.53. The second kappa shape index (κ2) is 6.84. The van der Waals surface area contributed by atoms with Crippen LogP contribution in [0.1, 0.15) is 44.8 Å². The van der Waals surface area contributed by atoms with Crippen LogP contribution < -0.4 is 0 Å². The van der Waals surface area contributed by atoms with Crippen LogP contribution in [0.3, 0.4) is 0 Å². The highest BCUT2D eigenvalue weighted by molar-refractivity contribution is 5.89. The molecule has 0 aliphatic carbocycles. The van der Waals surface area contributed by atoms with Crippen molar-refractivity contribution in [3.05, 3.63) is 39.9 Å². The van der Waals surface area contributed by atoms with Gasteiger partial charge in [-0.05, 0) is 18.4 Å². The third kappa shape index (κ3) is 2.36. The first-order valence-corrected chi connectivity index (χ1v) is 9.26. The van der Waals surface area contributed by atoms with Crippen molar-refractivity contribution in [3.8, 4) is 18.2 Å². The number of fused-ring (bicyclic) bond motifs is 2. The predicted molar refractivity (Wildman–Crippen MR) is 98.9 cm³/mol. The third-order valence-electron chi connectivity index (χ3n) is 5.94. The number of nitro groups is 1. The Kier molecular flexibility index (Phi) is 4.78. The first kappa shape index (κ1) is 20.3. The van der Waals surface area contributed by atoms with E-state index in [4.69, 9.17) is 14.9 Å². The minimum atomic E-state index is -2.11. The number of nitro benzene ring substituents is 1. The molecule has 9 nitrogen and oxygen atoms in total. The second-order valence-corrected chi connectivity index (χ2v) is 7.26. The predicted octanol–water partition coefficient (Wildman–Crippen LogP) is 3.74. The van der Waals surface area contributed by atoms with Gasteiger partial charge in [-0.3, -0.25) is 15.5 Å². The number of rotatable bonds is 5. The monoisotopic (exact) mass is 393 g/mol. The van der Waals surface area contributed by atoms with E-state index in [1.165, 1.54) is 24.3 Å². The molecule has 0 saturated carbocycles. The van der Waals surface area contributed by atoms with E-state index in [0.29, 0.717) is 19.3 Å². The van der Waals surface area contributed by atoms with Crippen LogP contribution in [-0.2, 0) is 9.47 Å². The van der Waals surface area contributed by atoms with E-state index in [1.54, 1.807) is 6.92 Å². The molecule has 2 heterocycles. The van der Waals surface area contributed by atoms with Gasteiger partial charge in [-0.1, -0.05) is 26.0 Å². The maximum absolute atomic E-state index is 11.2. The first-order valence-electron chi connectivity index (χ1n) is 9.26. The number of hydrogen-bond acceptors (Lipinski definition) is 8. The van der Waals surface area contributed by atoms with Gasteiger partial charge in [-0.15, -0.1) is 0 Å². The molecular weight excluding hydrogens is 374 g/mol. The number of nitriles is 3. The van der Waals surface area contributed by atoms with E-state index >= 15 is 0 Å². The number of hydrogen-bond donors (Lipinski definition) is 1. The van der Waals surface area contributed by atoms with Gasteiger partial charge in [-0.2, -0.15) is 15.8 Å². The zero-order valence-corrected chi connectivity index (χ0v) is 16.0. The highest BCUT2D eigenvalue weighted by Crippen LogP contribution is 2.68. The SMILES string of the molecule is CCCC12OC(=N)C(C#N)(C1CC)C(C#N)(C#N)C(c1cccc([N+](=O)[O-])c1)O2. The van der Waals surface area contributed by atoms with Gasteiger partial charge in [0.15, 0.2) is 5.41 Å². The normalized spacial score (nSPS) is 31.8. The van der Waals surface area contributed by atoms with E-state index in [1.807, 2.05) is 19.1 Å². The van der Waals surface area contributed by atoms with Crippen molar-refractivity contribution < 1.29 is 14.4 Å². The molecule has 2 aliphatic rings. The fourth-order valence-electron chi connectivity index (χ4n) is 4.77. The van der Waals surface area contributed by atoms with Crippen LogP contribution in [0.25, 0.3) is 0 Å². The van der Waals surface area contributed by atoms with E-state index in [-0.39, 0.29) is 11.3 Å². The first-order chi connectivity index (χ1) is 13.8. The second-order valence-electron chi connectivity index (χ2n) is 7.26. The number of nitrogens with one attached hydrogen (secondary N) is 1. The minimum absolute atomic E-state index is 0.218. The number of ether oxygens (including phenoxy) is 2. The zero-order valence-electron chi connectivity index (χ0n) is 16.0. The quantitative estimate of drug-likeness (QED) is 0.589. The number of nitrogens with zero attached hydrogens (tertiary/aromatic N) is 4. The molecule has 4 unspecified atom stereocenters. The lowest BCUT2D eigenvalue weighted by Gasteiger charge is -2.49. The van der Waals surface area contributed by atoms with E-state index in [0.717, 1.165) is 0 Å². The van der Waals surface area contributed by atoms with E-state index < -0.39 is 39.5 Å². The molecule has 4 atom stereocenters. The molecule has 1 aromatic rings. The van der Waals surface area contributed by atoms with Gasteiger partial charge in [0.1, 0.15) is 6.10 Å². The van der Waals surface area contributed by atoms with Crippen molar-refractivity contribution in [2.45, 2.75) is 45.0 Å². The number of benzene rings is 1. The fraction of sp³-hybridized carbons (Fsp3) is 0.500. The smallest absolute Gasteiger partial charge is 0.269 e. The van der Waals surface area contributed by atoms with Gasteiger partial charge in [0, 0.05) is 18.6 Å². The Labute approximate surface area is 167 Å². The Hall–Kier alpha value is -3.48. The molecule has 0 spiro atoms. The van der Waals surface area contributed by atoms with Crippen molar-refractivity contribution in [2.24, 2.45) is 16.7 Å². The average Bonchev–Trinajstić information content (AvgIpc) is 2.91. The van der Waals surface area contributed by atoms with Crippen LogP contribution in [0.15, 0.2) is 24.3 Å². The highest BCUT2D eigenvalue weighted by atomic mass is 16.7. The molecule has 3 rings (SSSR count). The molecule has 148 valence electrons. The molecule has 0 radical (unpaired) electrons. The summed E-state index contributed by atoms with van der Waals surface area (Å²) in [4.78, 5) is 10.6. The highest BCUT2D eigenvalue weighted by Gasteiger charge is 2.79. The molecule has 0 amide bonds. The molecule has 2 bridgehead atoms. The van der Waals surface area contributed by atoms with Gasteiger partial charge in [0.25, 0.3) is 5.69 Å². The van der Waals surface area contributed by atoms with Gasteiger partial charge < -0.3 is 9.47 Å². The van der Waals surface area contributed by atoms with Crippen molar-refractivity contribution in [2.75, 3.05) is 0 Å². The minimum Gasteiger partial charge on any atom is -0.447 e. The Morgan fingerprint density at radius 3 is 2.45 bits per heavy atom. The standard InChI is InChI=1S/C20H19N5O4/c1-3-8-20-15(4-2)19(12-23,17(24)29-20)18(10-21,11-22)16(28-20)13-6-5-7-14(9-13)25(26)27/h5-7,9,15-16,24H,3-4,8H2,1-2H3. The van der Waals surface area contributed by atoms with Crippen LogP contribution in [0, 0.1) is 66.3 Å². The molecule has 1 N–H and O–H groups in total. The summed E-state index contributed by atoms with van der Waals surface area (Å²) in [6, 6.07) is 11.4. The molecule has 2 aliphatic heterocycles. The molecule has 2 saturated heterocycles. The fourth-order valence-corrected chi connectivity index (χ4v) is 4.77. The van der Waals surface area contributed by atoms with Crippen LogP contribution in [0.5, 0.6) is 0 Å². The summed E-state index contributed by atoms with van der Waals surface area (Å²) >= 11 is 0. The van der Waals surface area contributed by atoms with Crippen molar-refractivity contribution >= 4 is 11.6 Å².